The lowest BCUT2D eigenvalue weighted by Crippen LogP contribution is -2.47. The number of amides is 2. The molecule has 0 heterocycles. The zero-order valence-corrected chi connectivity index (χ0v) is 23.4. The zero-order valence-electron chi connectivity index (χ0n) is 22.5. The van der Waals surface area contributed by atoms with E-state index in [0.717, 1.165) is 42.7 Å². The predicted molar refractivity (Wildman–Crippen MR) is 151 cm³/mol. The van der Waals surface area contributed by atoms with Crippen molar-refractivity contribution < 1.29 is 14.3 Å². The third-order valence-corrected chi connectivity index (χ3v) is 6.87. The van der Waals surface area contributed by atoms with Crippen LogP contribution < -0.4 is 15.0 Å². The van der Waals surface area contributed by atoms with Gasteiger partial charge in [0.15, 0.2) is 5.69 Å². The second-order valence-corrected chi connectivity index (χ2v) is 10.0. The molecule has 1 aliphatic rings. The fourth-order valence-corrected chi connectivity index (χ4v) is 4.65. The zero-order chi connectivity index (χ0) is 26.2. The van der Waals surface area contributed by atoms with Gasteiger partial charge in [-0.3, -0.25) is 9.59 Å². The van der Waals surface area contributed by atoms with E-state index < -0.39 is 0 Å². The molecule has 0 saturated carbocycles. The maximum atomic E-state index is 13.4. The van der Waals surface area contributed by atoms with E-state index in [0.29, 0.717) is 18.2 Å². The lowest BCUT2D eigenvalue weighted by molar-refractivity contribution is -0.130. The van der Waals surface area contributed by atoms with Crippen LogP contribution in [0.4, 0.5) is 11.4 Å². The van der Waals surface area contributed by atoms with Crippen molar-refractivity contribution in [3.05, 3.63) is 64.5 Å². The molecule has 0 spiro atoms. The fourth-order valence-electron chi connectivity index (χ4n) is 4.65. The quantitative estimate of drug-likeness (QED) is 0.332. The lowest BCUT2D eigenvalue weighted by atomic mass is 10.1. The first-order valence-corrected chi connectivity index (χ1v) is 12.6. The van der Waals surface area contributed by atoms with Gasteiger partial charge < -0.3 is 19.9 Å². The molecule has 0 saturated heterocycles. The van der Waals surface area contributed by atoms with Gasteiger partial charge in [0.05, 0.1) is 26.8 Å². The number of methoxy groups -OCH3 is 1. The predicted octanol–water partition coefficient (Wildman–Crippen LogP) is 4.96. The number of carbonyl (C=O) groups is 2. The minimum Gasteiger partial charge on any atom is -0.497 e. The summed E-state index contributed by atoms with van der Waals surface area (Å²) in [6.07, 6.45) is 3.54. The van der Waals surface area contributed by atoms with E-state index in [9.17, 15) is 9.59 Å². The third-order valence-electron chi connectivity index (χ3n) is 6.87. The van der Waals surface area contributed by atoms with Gasteiger partial charge in [0.2, 0.25) is 11.8 Å². The Labute approximate surface area is 227 Å². The van der Waals surface area contributed by atoms with Crippen LogP contribution in [0.1, 0.15) is 43.4 Å². The Morgan fingerprint density at radius 2 is 1.86 bits per heavy atom. The number of anilines is 1. The number of halogens is 1. The molecule has 2 aromatic rings. The highest BCUT2D eigenvalue weighted by atomic mass is 35.5. The van der Waals surface area contributed by atoms with E-state index in [1.54, 1.807) is 29.0 Å². The van der Waals surface area contributed by atoms with Gasteiger partial charge in [-0.2, -0.15) is 0 Å². The third kappa shape index (κ3) is 8.13. The Bertz CT molecular complexity index is 1130. The van der Waals surface area contributed by atoms with Gasteiger partial charge in [-0.25, -0.2) is 4.85 Å². The first-order chi connectivity index (χ1) is 17.2. The van der Waals surface area contributed by atoms with E-state index in [1.165, 1.54) is 11.1 Å². The summed E-state index contributed by atoms with van der Waals surface area (Å²) in [5.74, 6) is 1.24. The van der Waals surface area contributed by atoms with Crippen molar-refractivity contribution in [2.45, 2.75) is 52.5 Å². The van der Waals surface area contributed by atoms with Crippen molar-refractivity contribution in [3.63, 3.8) is 0 Å². The van der Waals surface area contributed by atoms with Gasteiger partial charge in [0, 0.05) is 25.3 Å². The van der Waals surface area contributed by atoms with E-state index in [4.69, 9.17) is 11.3 Å². The maximum absolute atomic E-state index is 13.4. The van der Waals surface area contributed by atoms with Crippen molar-refractivity contribution >= 4 is 35.6 Å². The Hall–Kier alpha value is -3.24. The Balaban J connectivity index is 0.00000481. The van der Waals surface area contributed by atoms with Gasteiger partial charge in [0.1, 0.15) is 5.75 Å². The minimum absolute atomic E-state index is 0. The molecule has 200 valence electrons. The van der Waals surface area contributed by atoms with Gasteiger partial charge >= 0.3 is 0 Å². The average molecular weight is 527 g/mol. The first kappa shape index (κ1) is 30.0. The molecule has 8 heteroatoms. The summed E-state index contributed by atoms with van der Waals surface area (Å²) in [7, 11) is 3.49. The van der Waals surface area contributed by atoms with Crippen molar-refractivity contribution in [2.75, 3.05) is 38.7 Å². The molecule has 0 bridgehead atoms. The number of rotatable bonds is 11. The van der Waals surface area contributed by atoms with Crippen LogP contribution >= 0.6 is 12.4 Å². The van der Waals surface area contributed by atoms with Crippen molar-refractivity contribution in [3.8, 4) is 5.75 Å². The molecule has 0 fully saturated rings. The van der Waals surface area contributed by atoms with Crippen molar-refractivity contribution in [1.29, 1.82) is 0 Å². The van der Waals surface area contributed by atoms with E-state index >= 15 is 0 Å². The topological polar surface area (TPSA) is 66.2 Å². The van der Waals surface area contributed by atoms with E-state index in [2.05, 4.69) is 30.1 Å². The molecular weight excluding hydrogens is 488 g/mol. The monoisotopic (exact) mass is 526 g/mol. The number of hydrogen-bond donors (Lipinski definition) is 1. The molecule has 2 aromatic carbocycles. The van der Waals surface area contributed by atoms with E-state index in [-0.39, 0.29) is 43.4 Å². The summed E-state index contributed by atoms with van der Waals surface area (Å²) >= 11 is 0. The number of fused-ring (bicyclic) bond motifs is 1. The molecule has 0 radical (unpaired) electrons. The van der Waals surface area contributed by atoms with E-state index in [1.807, 2.05) is 32.2 Å². The second-order valence-electron chi connectivity index (χ2n) is 10.0. The number of likely N-dealkylation sites (N-methyl/N-ethyl adjacent to an activating group) is 1. The summed E-state index contributed by atoms with van der Waals surface area (Å²) < 4.78 is 5.35. The SMILES string of the molecule is Cl.[C-]#[N+]c1ccc(C)c(N(CC(=O)NCCCC(C)C)CC(=O)N(C)C2Cc3ccc(OC)cc3C2)c1. The molecule has 1 unspecified atom stereocenters. The standard InChI is InChI=1S/C29H38N4O3.ClH/c1-20(2)8-7-13-31-28(34)18-33(27-17-24(30-4)11-9-21(27)3)19-29(35)32(5)25-14-22-10-12-26(36-6)16-23(22)15-25;/h9-12,16-17,20,25H,7-8,13-15,18-19H2,1-3,5-6H3,(H,31,34);1H. The summed E-state index contributed by atoms with van der Waals surface area (Å²) in [5.41, 5.74) is 4.59. The Kier molecular flexibility index (Phi) is 11.3. The number of carbonyl (C=O) groups excluding carboxylic acids is 2. The van der Waals surface area contributed by atoms with Crippen molar-refractivity contribution in [1.82, 2.24) is 10.2 Å². The summed E-state index contributed by atoms with van der Waals surface area (Å²) in [4.78, 5) is 33.4. The van der Waals surface area contributed by atoms with Crippen LogP contribution in [0.15, 0.2) is 36.4 Å². The molecule has 1 aliphatic carbocycles. The number of nitrogens with one attached hydrogen (secondary N) is 1. The van der Waals surface area contributed by atoms with Gasteiger partial charge in [-0.15, -0.1) is 12.4 Å². The van der Waals surface area contributed by atoms with Crippen LogP contribution in [0.2, 0.25) is 0 Å². The van der Waals surface area contributed by atoms with Crippen LogP contribution in [0.5, 0.6) is 5.75 Å². The summed E-state index contributed by atoms with van der Waals surface area (Å²) in [6.45, 7) is 14.4. The number of aryl methyl sites for hydroxylation is 1. The normalized spacial score (nSPS) is 13.8. The number of ether oxygens (including phenoxy) is 1. The van der Waals surface area contributed by atoms with Crippen LogP contribution in [0.3, 0.4) is 0 Å². The minimum atomic E-state index is -0.123. The van der Waals surface area contributed by atoms with Crippen LogP contribution in [-0.2, 0) is 22.4 Å². The Morgan fingerprint density at radius 1 is 1.14 bits per heavy atom. The van der Waals surface area contributed by atoms with Crippen molar-refractivity contribution in [2.24, 2.45) is 5.92 Å². The van der Waals surface area contributed by atoms with Gasteiger partial charge in [-0.05, 0) is 73.4 Å². The smallest absolute Gasteiger partial charge is 0.242 e. The molecule has 1 atom stereocenters. The largest absolute Gasteiger partial charge is 0.497 e. The molecule has 7 nitrogen and oxygen atoms in total. The molecule has 3 rings (SSSR count). The molecular formula is C29H39ClN4O3. The number of benzene rings is 2. The maximum Gasteiger partial charge on any atom is 0.242 e. The van der Waals surface area contributed by atoms with Gasteiger partial charge in [0.25, 0.3) is 0 Å². The fraction of sp³-hybridized carbons (Fsp3) is 0.483. The summed E-state index contributed by atoms with van der Waals surface area (Å²) in [5, 5.41) is 2.99. The summed E-state index contributed by atoms with van der Waals surface area (Å²) in [6, 6.07) is 11.5. The average Bonchev–Trinajstić information content (AvgIpc) is 3.29. The van der Waals surface area contributed by atoms with Crippen LogP contribution in [0, 0.1) is 19.4 Å². The Morgan fingerprint density at radius 3 is 2.54 bits per heavy atom. The number of hydrogen-bond acceptors (Lipinski definition) is 4. The molecule has 1 N–H and O–H groups in total. The van der Waals surface area contributed by atoms with Gasteiger partial charge in [-0.1, -0.05) is 32.0 Å². The van der Waals surface area contributed by atoms with Crippen LogP contribution in [0.25, 0.3) is 4.85 Å². The lowest BCUT2D eigenvalue weighted by Gasteiger charge is -2.30. The molecule has 37 heavy (non-hydrogen) atoms. The molecule has 2 amide bonds. The highest BCUT2D eigenvalue weighted by Gasteiger charge is 2.29. The highest BCUT2D eigenvalue weighted by molar-refractivity contribution is 5.87. The first-order valence-electron chi connectivity index (χ1n) is 12.6. The second kappa shape index (κ2) is 13.9. The highest BCUT2D eigenvalue weighted by Crippen LogP contribution is 2.29. The molecule has 0 aliphatic heterocycles. The molecule has 0 aromatic heterocycles. The van der Waals surface area contributed by atoms with Crippen LogP contribution in [-0.4, -0.2) is 56.5 Å². The number of nitrogens with zero attached hydrogens (tertiary/aromatic N) is 3.